The number of aromatic nitrogens is 1. The van der Waals surface area contributed by atoms with Crippen LogP contribution in [0.2, 0.25) is 0 Å². The number of amides is 1. The fourth-order valence-electron chi connectivity index (χ4n) is 3.91. The minimum absolute atomic E-state index is 0.00287. The van der Waals surface area contributed by atoms with Crippen LogP contribution >= 0.6 is 0 Å². The molecule has 7 heteroatoms. The average molecular weight is 422 g/mol. The third kappa shape index (κ3) is 3.68. The van der Waals surface area contributed by atoms with Crippen LogP contribution in [0, 0.1) is 0 Å². The molecular weight excluding hydrogens is 398 g/mol. The number of rotatable bonds is 3. The van der Waals surface area contributed by atoms with E-state index in [4.69, 9.17) is 0 Å². The zero-order valence-corrected chi connectivity index (χ0v) is 17.9. The molecule has 0 radical (unpaired) electrons. The molecular formula is C23H23N3O3S. The minimum Gasteiger partial charge on any atom is -0.322 e. The van der Waals surface area contributed by atoms with E-state index in [0.717, 1.165) is 28.3 Å². The molecule has 0 N–H and O–H groups in total. The summed E-state index contributed by atoms with van der Waals surface area (Å²) in [6.07, 6.45) is 2.95. The lowest BCUT2D eigenvalue weighted by molar-refractivity contribution is -0.117. The van der Waals surface area contributed by atoms with Crippen molar-refractivity contribution in [3.63, 3.8) is 0 Å². The number of sulfone groups is 1. The molecule has 0 aliphatic carbocycles. The van der Waals surface area contributed by atoms with Crippen LogP contribution in [-0.2, 0) is 14.6 Å². The lowest BCUT2D eigenvalue weighted by atomic mass is 10.0. The second-order valence-electron chi connectivity index (χ2n) is 7.54. The van der Waals surface area contributed by atoms with E-state index in [-0.39, 0.29) is 16.8 Å². The Morgan fingerprint density at radius 3 is 2.30 bits per heavy atom. The van der Waals surface area contributed by atoms with Gasteiger partial charge in [-0.3, -0.25) is 4.79 Å². The molecule has 3 aromatic rings. The molecule has 0 saturated carbocycles. The van der Waals surface area contributed by atoms with Gasteiger partial charge in [0.1, 0.15) is 5.82 Å². The Balaban J connectivity index is 1.83. The monoisotopic (exact) mass is 421 g/mol. The molecule has 1 atom stereocenters. The normalized spacial score (nSPS) is 16.3. The Hall–Kier alpha value is -3.19. The Bertz CT molecular complexity index is 1190. The largest absolute Gasteiger partial charge is 0.322 e. The van der Waals surface area contributed by atoms with Crippen LogP contribution in [0.1, 0.15) is 13.8 Å². The van der Waals surface area contributed by atoms with Crippen LogP contribution in [-0.4, -0.2) is 38.2 Å². The molecule has 1 aliphatic rings. The summed E-state index contributed by atoms with van der Waals surface area (Å²) in [5.41, 5.74) is 3.57. The molecule has 2 heterocycles. The summed E-state index contributed by atoms with van der Waals surface area (Å²) in [5, 5.41) is 0. The van der Waals surface area contributed by atoms with Crippen LogP contribution < -0.4 is 9.80 Å². The van der Waals surface area contributed by atoms with Crippen LogP contribution in [0.15, 0.2) is 71.8 Å². The highest BCUT2D eigenvalue weighted by Gasteiger charge is 2.32. The van der Waals surface area contributed by atoms with Gasteiger partial charge in [-0.25, -0.2) is 13.4 Å². The second kappa shape index (κ2) is 7.57. The Morgan fingerprint density at radius 2 is 1.70 bits per heavy atom. The lowest BCUT2D eigenvalue weighted by Crippen LogP contribution is -2.48. The first-order chi connectivity index (χ1) is 14.3. The van der Waals surface area contributed by atoms with Gasteiger partial charge in [0.25, 0.3) is 0 Å². The van der Waals surface area contributed by atoms with E-state index >= 15 is 0 Å². The standard InChI is InChI=1S/C23H23N3O3S/c1-16-15-25(23-6-4-5-13-24-23)22-14-19(9-12-21(22)26(16)17(2)27)18-7-10-20(11-8-18)30(3,28)29/h4-14,16H,15H2,1-3H3/t16-/m0/s1. The van der Waals surface area contributed by atoms with E-state index in [2.05, 4.69) is 9.88 Å². The van der Waals surface area contributed by atoms with E-state index in [1.807, 2.05) is 48.2 Å². The van der Waals surface area contributed by atoms with Crippen molar-refractivity contribution in [3.8, 4) is 11.1 Å². The summed E-state index contributed by atoms with van der Waals surface area (Å²) in [6, 6.07) is 18.5. The fourth-order valence-corrected chi connectivity index (χ4v) is 4.54. The Morgan fingerprint density at radius 1 is 1.00 bits per heavy atom. The van der Waals surface area contributed by atoms with Gasteiger partial charge < -0.3 is 9.80 Å². The van der Waals surface area contributed by atoms with Gasteiger partial charge in [0, 0.05) is 25.9 Å². The van der Waals surface area contributed by atoms with Crippen molar-refractivity contribution in [1.82, 2.24) is 4.98 Å². The first kappa shape index (κ1) is 20.1. The maximum Gasteiger partial charge on any atom is 0.224 e. The third-order valence-corrected chi connectivity index (χ3v) is 6.42. The second-order valence-corrected chi connectivity index (χ2v) is 9.55. The van der Waals surface area contributed by atoms with Crippen molar-refractivity contribution in [3.05, 3.63) is 66.9 Å². The molecule has 0 unspecified atom stereocenters. The zero-order chi connectivity index (χ0) is 21.5. The molecule has 0 saturated heterocycles. The third-order valence-electron chi connectivity index (χ3n) is 5.29. The minimum atomic E-state index is -3.24. The maximum absolute atomic E-state index is 12.3. The summed E-state index contributed by atoms with van der Waals surface area (Å²) in [6.45, 7) is 4.23. The molecule has 0 fully saturated rings. The highest BCUT2D eigenvalue weighted by molar-refractivity contribution is 7.90. The van der Waals surface area contributed by atoms with Gasteiger partial charge in [0.2, 0.25) is 5.91 Å². The van der Waals surface area contributed by atoms with E-state index in [0.29, 0.717) is 6.54 Å². The van der Waals surface area contributed by atoms with E-state index < -0.39 is 9.84 Å². The number of nitrogens with zero attached hydrogens (tertiary/aromatic N) is 3. The molecule has 4 rings (SSSR count). The predicted octanol–water partition coefficient (Wildman–Crippen LogP) is 4.05. The summed E-state index contributed by atoms with van der Waals surface area (Å²) >= 11 is 0. The van der Waals surface area contributed by atoms with Crippen LogP contribution in [0.4, 0.5) is 17.2 Å². The van der Waals surface area contributed by atoms with Crippen molar-refractivity contribution in [2.75, 3.05) is 22.6 Å². The maximum atomic E-state index is 12.3. The number of carbonyl (C=O) groups is 1. The van der Waals surface area contributed by atoms with Crippen LogP contribution in [0.25, 0.3) is 11.1 Å². The van der Waals surface area contributed by atoms with Crippen LogP contribution in [0.3, 0.4) is 0 Å². The van der Waals surface area contributed by atoms with Gasteiger partial charge in [0.05, 0.1) is 22.3 Å². The van der Waals surface area contributed by atoms with Gasteiger partial charge in [0.15, 0.2) is 9.84 Å². The molecule has 154 valence electrons. The zero-order valence-electron chi connectivity index (χ0n) is 17.1. The Kier molecular flexibility index (Phi) is 5.07. The number of pyridine rings is 1. The van der Waals surface area contributed by atoms with Crippen molar-refractivity contribution in [2.24, 2.45) is 0 Å². The molecule has 2 aromatic carbocycles. The van der Waals surface area contributed by atoms with Gasteiger partial charge in [-0.2, -0.15) is 0 Å². The SMILES string of the molecule is CC(=O)N1c2ccc(-c3ccc(S(C)(=O)=O)cc3)cc2N(c2ccccn2)C[C@@H]1C. The predicted molar refractivity (Wildman–Crippen MR) is 119 cm³/mol. The van der Waals surface area contributed by atoms with Crippen molar-refractivity contribution in [1.29, 1.82) is 0 Å². The summed E-state index contributed by atoms with van der Waals surface area (Å²) < 4.78 is 23.5. The molecule has 0 bridgehead atoms. The van der Waals surface area contributed by atoms with E-state index in [1.165, 1.54) is 6.26 Å². The van der Waals surface area contributed by atoms with Gasteiger partial charge >= 0.3 is 0 Å². The number of fused-ring (bicyclic) bond motifs is 1. The van der Waals surface area contributed by atoms with Crippen molar-refractivity contribution >= 4 is 32.9 Å². The summed E-state index contributed by atoms with van der Waals surface area (Å²) in [4.78, 5) is 21.1. The summed E-state index contributed by atoms with van der Waals surface area (Å²) in [5.74, 6) is 0.813. The first-order valence-electron chi connectivity index (χ1n) is 9.68. The highest BCUT2D eigenvalue weighted by atomic mass is 32.2. The molecule has 6 nitrogen and oxygen atoms in total. The number of hydrogen-bond donors (Lipinski definition) is 0. The summed E-state index contributed by atoms with van der Waals surface area (Å²) in [7, 11) is -3.24. The van der Waals surface area contributed by atoms with Crippen molar-refractivity contribution < 1.29 is 13.2 Å². The fraction of sp³-hybridized carbons (Fsp3) is 0.217. The number of carbonyl (C=O) groups excluding carboxylic acids is 1. The average Bonchev–Trinajstić information content (AvgIpc) is 2.72. The molecule has 1 aromatic heterocycles. The highest BCUT2D eigenvalue weighted by Crippen LogP contribution is 2.41. The number of anilines is 3. The van der Waals surface area contributed by atoms with Crippen LogP contribution in [0.5, 0.6) is 0 Å². The smallest absolute Gasteiger partial charge is 0.224 e. The number of hydrogen-bond acceptors (Lipinski definition) is 5. The Labute approximate surface area is 176 Å². The molecule has 0 spiro atoms. The van der Waals surface area contributed by atoms with Gasteiger partial charge in [-0.05, 0) is 54.4 Å². The first-order valence-corrected chi connectivity index (χ1v) is 11.6. The van der Waals surface area contributed by atoms with Gasteiger partial charge in [-0.15, -0.1) is 0 Å². The van der Waals surface area contributed by atoms with E-state index in [9.17, 15) is 13.2 Å². The number of benzene rings is 2. The quantitative estimate of drug-likeness (QED) is 0.638. The molecule has 30 heavy (non-hydrogen) atoms. The topological polar surface area (TPSA) is 70.6 Å². The lowest BCUT2D eigenvalue weighted by Gasteiger charge is -2.41. The molecule has 1 aliphatic heterocycles. The van der Waals surface area contributed by atoms with Gasteiger partial charge in [-0.1, -0.05) is 24.3 Å². The van der Waals surface area contributed by atoms with Crippen molar-refractivity contribution in [2.45, 2.75) is 24.8 Å². The van der Waals surface area contributed by atoms with E-state index in [1.54, 1.807) is 37.4 Å². The molecule has 1 amide bonds.